The minimum Gasteiger partial charge on any atom is -0.481 e. The number of Topliss-reactive ketones (excluding diaryl/α,β-unsaturated/α-hetero) is 2. The highest BCUT2D eigenvalue weighted by atomic mass is 16.4. The summed E-state index contributed by atoms with van der Waals surface area (Å²) in [6, 6.07) is -0.122. The molecule has 4 N–H and O–H groups in total. The van der Waals surface area contributed by atoms with E-state index in [9.17, 15) is 48.6 Å². The third-order valence-electron chi connectivity index (χ3n) is 14.2. The van der Waals surface area contributed by atoms with Crippen molar-refractivity contribution in [2.45, 2.75) is 214 Å². The number of hydrogen-bond donors (Lipinski definition) is 4. The fraction of sp³-hybridized carbons (Fsp3) is 0.837. The molecule has 0 aromatic rings. The normalized spacial score (nSPS) is 26.9. The van der Waals surface area contributed by atoms with Gasteiger partial charge in [0.15, 0.2) is 0 Å². The SMILES string of the molecule is CC1C[C@H](C)CC([C@H](O)CC2CC(=O)N(C(C)(C)CCCC(=O)O)C(=O)C2)C1=O.CC1C[C@H](C)CC([C@H](O)CC2CC(=O)N(C(C)CCCCCCCCCC(=O)O)C(=O)C2)C1=O. The number of likely N-dealkylation sites (tertiary alicyclic amines) is 2. The van der Waals surface area contributed by atoms with E-state index in [2.05, 4.69) is 13.8 Å². The van der Waals surface area contributed by atoms with Crippen molar-refractivity contribution in [2.24, 2.45) is 47.3 Å². The van der Waals surface area contributed by atoms with Crippen LogP contribution in [0.3, 0.4) is 0 Å². The number of carbonyl (C=O) groups excluding carboxylic acids is 6. The molecule has 4 aliphatic rings. The van der Waals surface area contributed by atoms with Crippen LogP contribution in [-0.4, -0.2) is 101 Å². The first-order valence-electron chi connectivity index (χ1n) is 24.1. The first-order chi connectivity index (χ1) is 29.5. The van der Waals surface area contributed by atoms with Gasteiger partial charge >= 0.3 is 11.9 Å². The lowest BCUT2D eigenvalue weighted by Gasteiger charge is -2.42. The minimum absolute atomic E-state index is 0.000725. The molecule has 5 unspecified atom stereocenters. The van der Waals surface area contributed by atoms with Gasteiger partial charge in [-0.2, -0.15) is 0 Å². The van der Waals surface area contributed by atoms with Gasteiger partial charge in [0, 0.05) is 73.8 Å². The molecule has 2 saturated heterocycles. The van der Waals surface area contributed by atoms with Gasteiger partial charge in [-0.25, -0.2) is 0 Å². The smallest absolute Gasteiger partial charge is 0.303 e. The summed E-state index contributed by atoms with van der Waals surface area (Å²) in [6.45, 7) is 13.5. The quantitative estimate of drug-likeness (QED) is 0.0612. The van der Waals surface area contributed by atoms with Crippen molar-refractivity contribution in [3.05, 3.63) is 0 Å². The lowest BCUT2D eigenvalue weighted by molar-refractivity contribution is -0.158. The number of aliphatic hydroxyl groups is 2. The predicted octanol–water partition coefficient (Wildman–Crippen LogP) is 7.53. The van der Waals surface area contributed by atoms with Gasteiger partial charge in [-0.1, -0.05) is 66.2 Å². The van der Waals surface area contributed by atoms with Crippen LogP contribution in [0.5, 0.6) is 0 Å². The molecule has 0 aromatic heterocycles. The van der Waals surface area contributed by atoms with Gasteiger partial charge in [-0.15, -0.1) is 0 Å². The molecule has 0 aromatic carbocycles. The second-order valence-electron chi connectivity index (χ2n) is 20.7. The second-order valence-corrected chi connectivity index (χ2v) is 20.7. The maximum absolute atomic E-state index is 12.8. The molecular formula is C49H80N2O12. The van der Waals surface area contributed by atoms with Crippen LogP contribution in [0.25, 0.3) is 0 Å². The lowest BCUT2D eigenvalue weighted by atomic mass is 9.71. The van der Waals surface area contributed by atoms with Gasteiger partial charge in [0.05, 0.1) is 12.2 Å². The molecule has 358 valence electrons. The predicted molar refractivity (Wildman–Crippen MR) is 237 cm³/mol. The maximum Gasteiger partial charge on any atom is 0.303 e. The van der Waals surface area contributed by atoms with Crippen LogP contribution < -0.4 is 0 Å². The average molecular weight is 889 g/mol. The number of amides is 4. The Morgan fingerprint density at radius 3 is 1.40 bits per heavy atom. The van der Waals surface area contributed by atoms with E-state index in [0.29, 0.717) is 43.9 Å². The number of nitrogens with zero attached hydrogens (tertiary/aromatic N) is 2. The van der Waals surface area contributed by atoms with Crippen molar-refractivity contribution in [1.29, 1.82) is 0 Å². The maximum atomic E-state index is 12.8. The number of imide groups is 2. The molecule has 2 aliphatic heterocycles. The fourth-order valence-corrected chi connectivity index (χ4v) is 11.0. The highest BCUT2D eigenvalue weighted by Gasteiger charge is 2.44. The Hall–Kier alpha value is -3.52. The number of carbonyl (C=O) groups is 8. The average Bonchev–Trinajstić information content (AvgIpc) is 3.16. The molecule has 2 heterocycles. The number of carboxylic acid groups (broad SMARTS) is 2. The zero-order valence-corrected chi connectivity index (χ0v) is 39.4. The molecule has 2 saturated carbocycles. The van der Waals surface area contributed by atoms with Crippen molar-refractivity contribution < 1.29 is 58.8 Å². The zero-order valence-electron chi connectivity index (χ0n) is 39.4. The number of rotatable bonds is 22. The van der Waals surface area contributed by atoms with E-state index in [4.69, 9.17) is 10.2 Å². The summed E-state index contributed by atoms with van der Waals surface area (Å²) in [4.78, 5) is 100.0. The molecule has 4 rings (SSSR count). The van der Waals surface area contributed by atoms with Crippen LogP contribution in [0.15, 0.2) is 0 Å². The van der Waals surface area contributed by atoms with Gasteiger partial charge in [-0.05, 0) is 109 Å². The summed E-state index contributed by atoms with van der Waals surface area (Å²) in [5.41, 5.74) is -0.739. The molecule has 14 heteroatoms. The summed E-state index contributed by atoms with van der Waals surface area (Å²) in [5, 5.41) is 38.9. The standard InChI is InChI=1S/C27H45NO6.C22H35NO6/c1-18-13-19(2)27(34)22(14-18)23(29)15-21-16-24(30)28(25(31)17-21)20(3)11-9-7-5-4-6-8-10-12-26(32)33;1-13-8-14(2)21(29)16(9-13)17(24)10-15-11-18(25)23(19(26)12-15)22(3,4)7-5-6-20(27)28/h18-23,29H,4-17H2,1-3H3,(H,32,33);13-17,24H,5-12H2,1-4H3,(H,27,28)/t18-,19?,20?,22?,23+;13-,14?,16?,17+/m00/s1. The topological polar surface area (TPSA) is 224 Å². The van der Waals surface area contributed by atoms with Crippen molar-refractivity contribution in [3.8, 4) is 0 Å². The number of aliphatic carboxylic acids is 2. The Labute approximate surface area is 375 Å². The van der Waals surface area contributed by atoms with Gasteiger partial charge < -0.3 is 20.4 Å². The largest absolute Gasteiger partial charge is 0.481 e. The monoisotopic (exact) mass is 889 g/mol. The lowest BCUT2D eigenvalue weighted by Crippen LogP contribution is -2.55. The Morgan fingerprint density at radius 2 is 0.968 bits per heavy atom. The van der Waals surface area contributed by atoms with Gasteiger partial charge in [0.2, 0.25) is 23.6 Å². The second kappa shape index (κ2) is 25.2. The third-order valence-corrected chi connectivity index (χ3v) is 14.2. The molecule has 9 atom stereocenters. The van der Waals surface area contributed by atoms with Crippen molar-refractivity contribution in [2.75, 3.05) is 0 Å². The Morgan fingerprint density at radius 1 is 0.587 bits per heavy atom. The summed E-state index contributed by atoms with van der Waals surface area (Å²) >= 11 is 0. The van der Waals surface area contributed by atoms with Crippen molar-refractivity contribution in [1.82, 2.24) is 9.80 Å². The molecular weight excluding hydrogens is 809 g/mol. The van der Waals surface area contributed by atoms with Crippen LogP contribution in [0.4, 0.5) is 0 Å². The van der Waals surface area contributed by atoms with Crippen LogP contribution >= 0.6 is 0 Å². The number of unbranched alkanes of at least 4 members (excludes halogenated alkanes) is 6. The van der Waals surface area contributed by atoms with E-state index >= 15 is 0 Å². The zero-order chi connectivity index (χ0) is 47.2. The van der Waals surface area contributed by atoms with Gasteiger partial charge in [-0.3, -0.25) is 48.2 Å². The number of aliphatic hydroxyl groups excluding tert-OH is 2. The molecule has 0 radical (unpaired) electrons. The Balaban J connectivity index is 0.000000340. The van der Waals surface area contributed by atoms with Crippen molar-refractivity contribution >= 4 is 47.1 Å². The van der Waals surface area contributed by atoms with Crippen LogP contribution in [-0.2, 0) is 38.4 Å². The van der Waals surface area contributed by atoms with Crippen LogP contribution in [0.2, 0.25) is 0 Å². The molecule has 2 aliphatic carbocycles. The van der Waals surface area contributed by atoms with Crippen molar-refractivity contribution in [3.63, 3.8) is 0 Å². The van der Waals surface area contributed by atoms with E-state index in [-0.39, 0.29) is 116 Å². The molecule has 14 nitrogen and oxygen atoms in total. The van der Waals surface area contributed by atoms with E-state index in [0.717, 1.165) is 64.2 Å². The van der Waals surface area contributed by atoms with E-state index < -0.39 is 35.6 Å². The first-order valence-corrected chi connectivity index (χ1v) is 24.1. The highest BCUT2D eigenvalue weighted by Crippen LogP contribution is 2.38. The molecule has 0 spiro atoms. The Bertz CT molecular complexity index is 1560. The molecule has 63 heavy (non-hydrogen) atoms. The number of hydrogen-bond acceptors (Lipinski definition) is 10. The molecule has 4 fully saturated rings. The van der Waals surface area contributed by atoms with Crippen LogP contribution in [0, 0.1) is 47.3 Å². The molecule has 4 amide bonds. The first kappa shape index (κ1) is 53.8. The van der Waals surface area contributed by atoms with E-state index in [1.165, 1.54) is 9.80 Å². The summed E-state index contributed by atoms with van der Waals surface area (Å²) in [7, 11) is 0. The minimum atomic E-state index is -0.896. The summed E-state index contributed by atoms with van der Waals surface area (Å²) in [6.07, 6.45) is 11.6. The number of piperidine rings is 2. The third kappa shape index (κ3) is 16.8. The summed E-state index contributed by atoms with van der Waals surface area (Å²) in [5.74, 6) is -2.87. The number of ketones is 2. The van der Waals surface area contributed by atoms with E-state index in [1.807, 2.05) is 20.8 Å². The Kier molecular flexibility index (Phi) is 21.6. The van der Waals surface area contributed by atoms with Gasteiger partial charge in [0.25, 0.3) is 0 Å². The molecule has 0 bridgehead atoms. The van der Waals surface area contributed by atoms with Crippen LogP contribution in [0.1, 0.15) is 190 Å². The fourth-order valence-electron chi connectivity index (χ4n) is 11.0. The van der Waals surface area contributed by atoms with E-state index in [1.54, 1.807) is 13.8 Å². The number of carboxylic acids is 2. The highest BCUT2D eigenvalue weighted by molar-refractivity contribution is 5.99. The van der Waals surface area contributed by atoms with Gasteiger partial charge in [0.1, 0.15) is 11.6 Å². The summed E-state index contributed by atoms with van der Waals surface area (Å²) < 4.78 is 0.